The molecule has 12 heavy (non-hydrogen) atoms. The van der Waals surface area contributed by atoms with Crippen LogP contribution in [0.2, 0.25) is 0 Å². The van der Waals surface area contributed by atoms with Crippen LogP contribution in [0.4, 0.5) is 0 Å². The van der Waals surface area contributed by atoms with E-state index in [-0.39, 0.29) is 0 Å². The van der Waals surface area contributed by atoms with Crippen molar-refractivity contribution in [2.45, 2.75) is 6.92 Å². The van der Waals surface area contributed by atoms with E-state index in [1.165, 1.54) is 6.08 Å². The third-order valence-electron chi connectivity index (χ3n) is 1.43. The van der Waals surface area contributed by atoms with E-state index < -0.39 is 5.97 Å². The van der Waals surface area contributed by atoms with E-state index in [2.05, 4.69) is 4.98 Å². The number of aromatic nitrogens is 1. The maximum atomic E-state index is 10.1. The normalized spacial score (nSPS) is 10.4. The molecule has 0 aromatic carbocycles. The molecule has 0 saturated carbocycles. The summed E-state index contributed by atoms with van der Waals surface area (Å²) in [7, 11) is 0. The molecule has 0 fully saturated rings. The number of aryl methyl sites for hydroxylation is 1. The quantitative estimate of drug-likeness (QED) is 0.582. The molecule has 1 heterocycles. The first kappa shape index (κ1) is 8.46. The first-order valence-electron chi connectivity index (χ1n) is 3.51. The summed E-state index contributed by atoms with van der Waals surface area (Å²) in [5.74, 6) is -1.21. The molecule has 62 valence electrons. The number of hydrogen-bond acceptors (Lipinski definition) is 3. The number of pyridine rings is 1. The lowest BCUT2D eigenvalue weighted by molar-refractivity contribution is -0.297. The number of carbonyl (C=O) groups is 1. The fraction of sp³-hybridized carbons (Fsp3) is 0.111. The van der Waals surface area contributed by atoms with Crippen molar-refractivity contribution < 1.29 is 9.90 Å². The van der Waals surface area contributed by atoms with Crippen LogP contribution in [0.1, 0.15) is 11.3 Å². The minimum atomic E-state index is -1.21. The van der Waals surface area contributed by atoms with E-state index in [0.717, 1.165) is 11.6 Å². The molecule has 0 spiro atoms. The first-order valence-corrected chi connectivity index (χ1v) is 3.51. The highest BCUT2D eigenvalue weighted by molar-refractivity contribution is 5.83. The van der Waals surface area contributed by atoms with Crippen LogP contribution in [0.15, 0.2) is 24.4 Å². The Kier molecular flexibility index (Phi) is 2.58. The Morgan fingerprint density at radius 3 is 3.00 bits per heavy atom. The van der Waals surface area contributed by atoms with Crippen molar-refractivity contribution in [3.8, 4) is 0 Å². The van der Waals surface area contributed by atoms with Crippen molar-refractivity contribution in [3.05, 3.63) is 35.7 Å². The second kappa shape index (κ2) is 3.67. The van der Waals surface area contributed by atoms with Gasteiger partial charge in [-0.25, -0.2) is 0 Å². The summed E-state index contributed by atoms with van der Waals surface area (Å²) in [5.41, 5.74) is 1.59. The lowest BCUT2D eigenvalue weighted by Gasteiger charge is -1.97. The molecule has 1 aromatic rings. The molecule has 0 saturated heterocycles. The smallest absolute Gasteiger partial charge is 0.0659 e. The standard InChI is InChI=1S/C9H9NO2/c1-7-3-2-6-10-8(7)4-5-9(11)12/h2-6H,1H3,(H,11,12)/p-1/b5-4+. The van der Waals surface area contributed by atoms with Gasteiger partial charge in [0.1, 0.15) is 0 Å². The summed E-state index contributed by atoms with van der Waals surface area (Å²) in [6.45, 7) is 1.86. The third kappa shape index (κ3) is 2.20. The van der Waals surface area contributed by atoms with Crippen LogP contribution in [0.3, 0.4) is 0 Å². The topological polar surface area (TPSA) is 53.0 Å². The molecule has 0 unspecified atom stereocenters. The molecule has 0 aliphatic rings. The Morgan fingerprint density at radius 2 is 2.42 bits per heavy atom. The predicted octanol–water partition coefficient (Wildman–Crippen LogP) is 0.153. The number of carbonyl (C=O) groups excluding carboxylic acids is 1. The van der Waals surface area contributed by atoms with Gasteiger partial charge in [0.15, 0.2) is 0 Å². The van der Waals surface area contributed by atoms with Crippen LogP contribution in [0.5, 0.6) is 0 Å². The highest BCUT2D eigenvalue weighted by Crippen LogP contribution is 2.04. The summed E-state index contributed by atoms with van der Waals surface area (Å²) in [4.78, 5) is 14.0. The van der Waals surface area contributed by atoms with Gasteiger partial charge in [-0.15, -0.1) is 0 Å². The predicted molar refractivity (Wildman–Crippen MR) is 43.0 cm³/mol. The zero-order valence-electron chi connectivity index (χ0n) is 6.65. The van der Waals surface area contributed by atoms with Crippen LogP contribution < -0.4 is 5.11 Å². The second-order valence-electron chi connectivity index (χ2n) is 2.36. The van der Waals surface area contributed by atoms with E-state index in [1.807, 2.05) is 13.0 Å². The van der Waals surface area contributed by atoms with Gasteiger partial charge >= 0.3 is 0 Å². The van der Waals surface area contributed by atoms with Gasteiger partial charge in [0.25, 0.3) is 0 Å². The van der Waals surface area contributed by atoms with Crippen molar-refractivity contribution >= 4 is 12.0 Å². The minimum Gasteiger partial charge on any atom is -0.545 e. The van der Waals surface area contributed by atoms with Gasteiger partial charge in [-0.3, -0.25) is 4.98 Å². The monoisotopic (exact) mass is 162 g/mol. The average Bonchev–Trinajstić information content (AvgIpc) is 2.03. The van der Waals surface area contributed by atoms with Crippen LogP contribution in [0, 0.1) is 6.92 Å². The van der Waals surface area contributed by atoms with Gasteiger partial charge < -0.3 is 9.90 Å². The molecule has 0 N–H and O–H groups in total. The largest absolute Gasteiger partial charge is 0.545 e. The Labute approximate surface area is 70.4 Å². The molecule has 1 aromatic heterocycles. The molecule has 3 heteroatoms. The molecule has 0 aliphatic heterocycles. The molecule has 3 nitrogen and oxygen atoms in total. The average molecular weight is 162 g/mol. The Morgan fingerprint density at radius 1 is 1.67 bits per heavy atom. The van der Waals surface area contributed by atoms with Crippen LogP contribution in [-0.2, 0) is 4.79 Å². The highest BCUT2D eigenvalue weighted by atomic mass is 16.4. The van der Waals surface area contributed by atoms with Crippen molar-refractivity contribution in [2.75, 3.05) is 0 Å². The molecule has 0 radical (unpaired) electrons. The van der Waals surface area contributed by atoms with E-state index in [1.54, 1.807) is 12.3 Å². The Hall–Kier alpha value is -1.64. The third-order valence-corrected chi connectivity index (χ3v) is 1.43. The number of carboxylic acids is 1. The summed E-state index contributed by atoms with van der Waals surface area (Å²) < 4.78 is 0. The molecule has 0 bridgehead atoms. The van der Waals surface area contributed by atoms with Gasteiger partial charge in [0, 0.05) is 6.20 Å². The summed E-state index contributed by atoms with van der Waals surface area (Å²) in [5, 5.41) is 10.1. The van der Waals surface area contributed by atoms with Crippen molar-refractivity contribution in [1.29, 1.82) is 0 Å². The second-order valence-corrected chi connectivity index (χ2v) is 2.36. The molecule has 0 aliphatic carbocycles. The fourth-order valence-corrected chi connectivity index (χ4v) is 0.819. The molecular weight excluding hydrogens is 154 g/mol. The minimum absolute atomic E-state index is 0.654. The van der Waals surface area contributed by atoms with Gasteiger partial charge in [0.05, 0.1) is 11.7 Å². The van der Waals surface area contributed by atoms with Crippen molar-refractivity contribution in [2.24, 2.45) is 0 Å². The van der Waals surface area contributed by atoms with Gasteiger partial charge in [-0.2, -0.15) is 0 Å². The summed E-state index contributed by atoms with van der Waals surface area (Å²) >= 11 is 0. The lowest BCUT2D eigenvalue weighted by atomic mass is 10.2. The van der Waals surface area contributed by atoms with Crippen molar-refractivity contribution in [1.82, 2.24) is 4.98 Å². The van der Waals surface area contributed by atoms with E-state index in [0.29, 0.717) is 5.69 Å². The zero-order chi connectivity index (χ0) is 8.97. The number of carboxylic acid groups (broad SMARTS) is 1. The molecular formula is C9H8NO2-. The van der Waals surface area contributed by atoms with Crippen LogP contribution in [-0.4, -0.2) is 11.0 Å². The zero-order valence-corrected chi connectivity index (χ0v) is 6.65. The van der Waals surface area contributed by atoms with Gasteiger partial charge in [-0.1, -0.05) is 6.07 Å². The SMILES string of the molecule is Cc1cccnc1/C=C/C(=O)[O-]. The van der Waals surface area contributed by atoms with E-state index >= 15 is 0 Å². The van der Waals surface area contributed by atoms with Crippen molar-refractivity contribution in [3.63, 3.8) is 0 Å². The number of hydrogen-bond donors (Lipinski definition) is 0. The van der Waals surface area contributed by atoms with Gasteiger partial charge in [-0.05, 0) is 30.7 Å². The van der Waals surface area contributed by atoms with E-state index in [4.69, 9.17) is 0 Å². The van der Waals surface area contributed by atoms with E-state index in [9.17, 15) is 9.90 Å². The van der Waals surface area contributed by atoms with Crippen LogP contribution >= 0.6 is 0 Å². The fourth-order valence-electron chi connectivity index (χ4n) is 0.819. The summed E-state index contributed by atoms with van der Waals surface area (Å²) in [6.07, 6.45) is 4.00. The maximum Gasteiger partial charge on any atom is 0.0659 e. The highest BCUT2D eigenvalue weighted by Gasteiger charge is 1.91. The Balaban J connectivity index is 2.89. The molecule has 0 atom stereocenters. The first-order chi connectivity index (χ1) is 5.70. The van der Waals surface area contributed by atoms with Gasteiger partial charge in [0.2, 0.25) is 0 Å². The maximum absolute atomic E-state index is 10.1. The number of nitrogens with zero attached hydrogens (tertiary/aromatic N) is 1. The molecule has 1 rings (SSSR count). The lowest BCUT2D eigenvalue weighted by Crippen LogP contribution is -2.18. The van der Waals surface area contributed by atoms with Crippen LogP contribution in [0.25, 0.3) is 6.08 Å². The Bertz CT molecular complexity index is 318. The summed E-state index contributed by atoms with van der Waals surface area (Å²) in [6, 6.07) is 3.66. The molecule has 0 amide bonds. The number of aliphatic carboxylic acids is 1. The number of rotatable bonds is 2.